The largest absolute Gasteiger partial charge is 0.455 e. The van der Waals surface area contributed by atoms with E-state index in [-0.39, 0.29) is 5.91 Å². The van der Waals surface area contributed by atoms with Crippen LogP contribution >= 0.6 is 11.3 Å². The van der Waals surface area contributed by atoms with Gasteiger partial charge in [0, 0.05) is 48.5 Å². The van der Waals surface area contributed by atoms with E-state index >= 15 is 0 Å². The number of carbonyl (C=O) groups excluding carboxylic acids is 1. The van der Waals surface area contributed by atoms with Crippen LogP contribution in [0.4, 0.5) is 11.5 Å². The van der Waals surface area contributed by atoms with Crippen molar-refractivity contribution in [1.82, 2.24) is 24.8 Å². The van der Waals surface area contributed by atoms with Crippen molar-refractivity contribution in [3.05, 3.63) is 76.7 Å². The van der Waals surface area contributed by atoms with Crippen molar-refractivity contribution in [2.45, 2.75) is 51.9 Å². The molecule has 1 N–H and O–H groups in total. The van der Waals surface area contributed by atoms with Gasteiger partial charge in [-0.2, -0.15) is 0 Å². The van der Waals surface area contributed by atoms with Gasteiger partial charge in [-0.25, -0.2) is 9.97 Å². The summed E-state index contributed by atoms with van der Waals surface area (Å²) in [6.07, 6.45) is 10.9. The molecule has 1 aromatic carbocycles. The average Bonchev–Trinajstić information content (AvgIpc) is 3.54. The van der Waals surface area contributed by atoms with Crippen molar-refractivity contribution >= 4 is 39.0 Å². The number of ether oxygens (including phenoxy) is 2. The third kappa shape index (κ3) is 5.62. The van der Waals surface area contributed by atoms with Crippen LogP contribution in [0.5, 0.6) is 11.5 Å². The Kier molecular flexibility index (Phi) is 7.35. The first-order chi connectivity index (χ1) is 20.5. The van der Waals surface area contributed by atoms with E-state index in [2.05, 4.69) is 31.2 Å². The summed E-state index contributed by atoms with van der Waals surface area (Å²) in [7, 11) is 0. The molecule has 0 saturated carbocycles. The van der Waals surface area contributed by atoms with Crippen LogP contribution in [0.1, 0.15) is 34.5 Å². The highest BCUT2D eigenvalue weighted by Crippen LogP contribution is 2.38. The Morgan fingerprint density at radius 2 is 2.00 bits per heavy atom. The maximum absolute atomic E-state index is 13.1. The molecule has 3 aliphatic heterocycles. The molecule has 216 valence electrons. The van der Waals surface area contributed by atoms with Crippen LogP contribution < -0.4 is 10.1 Å². The normalized spacial score (nSPS) is 20.3. The molecule has 3 aliphatic rings. The van der Waals surface area contributed by atoms with Gasteiger partial charge in [-0.05, 0) is 74.6 Å². The number of rotatable bonds is 7. The molecule has 2 saturated heterocycles. The third-order valence-corrected chi connectivity index (χ3v) is 9.37. The number of likely N-dealkylation sites (tertiary alicyclic amines) is 1. The number of benzene rings is 1. The van der Waals surface area contributed by atoms with Crippen molar-refractivity contribution in [2.24, 2.45) is 0 Å². The first kappa shape index (κ1) is 27.0. The van der Waals surface area contributed by atoms with E-state index in [1.165, 1.54) is 10.4 Å². The first-order valence-corrected chi connectivity index (χ1v) is 15.4. The van der Waals surface area contributed by atoms with Gasteiger partial charge in [0.05, 0.1) is 30.3 Å². The Hall–Kier alpha value is -3.86. The zero-order valence-corrected chi connectivity index (χ0v) is 24.7. The molecule has 0 radical (unpaired) electrons. The maximum Gasteiger partial charge on any atom is 0.246 e. The highest BCUT2D eigenvalue weighted by atomic mass is 32.1. The molecular formula is C32H34N6O3S. The van der Waals surface area contributed by atoms with Gasteiger partial charge in [0.25, 0.3) is 0 Å². The van der Waals surface area contributed by atoms with Crippen LogP contribution in [0.25, 0.3) is 10.2 Å². The number of nitrogens with one attached hydrogen (secondary N) is 1. The number of nitrogens with zero attached hydrogens (tertiary/aromatic N) is 5. The average molecular weight is 583 g/mol. The number of amides is 1. The van der Waals surface area contributed by atoms with Crippen LogP contribution in [-0.4, -0.2) is 69.0 Å². The predicted octanol–water partition coefficient (Wildman–Crippen LogP) is 5.54. The van der Waals surface area contributed by atoms with Gasteiger partial charge in [0.1, 0.15) is 28.5 Å². The summed E-state index contributed by atoms with van der Waals surface area (Å²) < 4.78 is 12.0. The molecule has 2 unspecified atom stereocenters. The number of thiophene rings is 1. The second kappa shape index (κ2) is 11.4. The fourth-order valence-corrected chi connectivity index (χ4v) is 7.29. The lowest BCUT2D eigenvalue weighted by Crippen LogP contribution is -2.42. The number of pyridine rings is 1. The fourth-order valence-electron chi connectivity index (χ4n) is 6.09. The molecule has 7 rings (SSSR count). The van der Waals surface area contributed by atoms with Gasteiger partial charge >= 0.3 is 0 Å². The summed E-state index contributed by atoms with van der Waals surface area (Å²) in [6.45, 7) is 7.97. The fraction of sp³-hybridized carbons (Fsp3) is 0.375. The van der Waals surface area contributed by atoms with Crippen molar-refractivity contribution in [3.8, 4) is 11.5 Å². The van der Waals surface area contributed by atoms with E-state index in [0.29, 0.717) is 31.0 Å². The van der Waals surface area contributed by atoms with Crippen LogP contribution in [0.2, 0.25) is 0 Å². The SMILES string of the molecule is Cc1ccc(Oc2ccc(Nc3ncnc4sc5c(c34)CCN(C(=O)/C=C/CN3CC4CCC(C3)O4)C5)cc2C)cn1. The minimum atomic E-state index is 0.0676. The molecule has 0 spiro atoms. The van der Waals surface area contributed by atoms with Gasteiger partial charge in [0.15, 0.2) is 0 Å². The standard InChI is InChI=1S/C32H34N6O3S/c1-20-14-22(6-10-27(20)41-23-7-5-21(2)33-15-23)36-31-30-26-11-13-38(18-28(26)42-32(30)35-19-34-31)29(39)4-3-12-37-16-24-8-9-25(17-37)40-24/h3-7,10,14-15,19,24-25H,8-9,11-13,16-18H2,1-2H3,(H,34,35,36)/b4-3+. The molecule has 0 aliphatic carbocycles. The Balaban J connectivity index is 1.03. The summed E-state index contributed by atoms with van der Waals surface area (Å²) in [5.41, 5.74) is 4.11. The minimum Gasteiger partial charge on any atom is -0.455 e. The van der Waals surface area contributed by atoms with E-state index in [4.69, 9.17) is 9.47 Å². The summed E-state index contributed by atoms with van der Waals surface area (Å²) in [6, 6.07) is 9.86. The van der Waals surface area contributed by atoms with Crippen LogP contribution in [0.3, 0.4) is 0 Å². The lowest BCUT2D eigenvalue weighted by molar-refractivity contribution is -0.126. The number of aryl methyl sites for hydroxylation is 2. The summed E-state index contributed by atoms with van der Waals surface area (Å²) in [4.78, 5) is 33.0. The number of hydrogen-bond acceptors (Lipinski definition) is 9. The first-order valence-electron chi connectivity index (χ1n) is 14.5. The van der Waals surface area contributed by atoms with Gasteiger partial charge in [-0.15, -0.1) is 11.3 Å². The number of anilines is 2. The van der Waals surface area contributed by atoms with Gasteiger partial charge in [-0.3, -0.25) is 14.7 Å². The monoisotopic (exact) mass is 582 g/mol. The predicted molar refractivity (Wildman–Crippen MR) is 164 cm³/mol. The lowest BCUT2D eigenvalue weighted by Gasteiger charge is -2.31. The Labute approximate surface area is 249 Å². The number of carbonyl (C=O) groups is 1. The molecule has 3 aromatic heterocycles. The zero-order valence-electron chi connectivity index (χ0n) is 23.9. The smallest absolute Gasteiger partial charge is 0.246 e. The van der Waals surface area contributed by atoms with Crippen LogP contribution in [-0.2, 0) is 22.5 Å². The molecular weight excluding hydrogens is 548 g/mol. The number of aromatic nitrogens is 3. The molecule has 1 amide bonds. The van der Waals surface area contributed by atoms with E-state index in [1.54, 1.807) is 29.9 Å². The molecule has 6 heterocycles. The van der Waals surface area contributed by atoms with Crippen molar-refractivity contribution < 1.29 is 14.3 Å². The summed E-state index contributed by atoms with van der Waals surface area (Å²) in [5, 5.41) is 4.56. The van der Waals surface area contributed by atoms with Gasteiger partial charge < -0.3 is 19.7 Å². The second-order valence-electron chi connectivity index (χ2n) is 11.3. The third-order valence-electron chi connectivity index (χ3n) is 8.24. The number of hydrogen-bond donors (Lipinski definition) is 1. The minimum absolute atomic E-state index is 0.0676. The molecule has 9 nitrogen and oxygen atoms in total. The van der Waals surface area contributed by atoms with Crippen LogP contribution in [0, 0.1) is 13.8 Å². The molecule has 42 heavy (non-hydrogen) atoms. The van der Waals surface area contributed by atoms with E-state index in [9.17, 15) is 4.79 Å². The highest BCUT2D eigenvalue weighted by Gasteiger charge is 2.33. The van der Waals surface area contributed by atoms with E-state index in [1.807, 2.05) is 49.1 Å². The number of morpholine rings is 1. The second-order valence-corrected chi connectivity index (χ2v) is 12.4. The van der Waals surface area contributed by atoms with E-state index < -0.39 is 0 Å². The van der Waals surface area contributed by atoms with Gasteiger partial charge in [-0.1, -0.05) is 6.08 Å². The van der Waals surface area contributed by atoms with Crippen molar-refractivity contribution in [2.75, 3.05) is 31.5 Å². The molecule has 4 aromatic rings. The maximum atomic E-state index is 13.1. The topological polar surface area (TPSA) is 92.7 Å². The Morgan fingerprint density at radius 3 is 2.79 bits per heavy atom. The van der Waals surface area contributed by atoms with Crippen molar-refractivity contribution in [1.29, 1.82) is 0 Å². The molecule has 2 bridgehead atoms. The quantitative estimate of drug-likeness (QED) is 0.284. The van der Waals surface area contributed by atoms with Gasteiger partial charge in [0.2, 0.25) is 5.91 Å². The highest BCUT2D eigenvalue weighted by molar-refractivity contribution is 7.19. The Morgan fingerprint density at radius 1 is 1.14 bits per heavy atom. The summed E-state index contributed by atoms with van der Waals surface area (Å²) in [5.74, 6) is 2.34. The van der Waals surface area contributed by atoms with Crippen LogP contribution in [0.15, 0.2) is 55.0 Å². The molecule has 2 fully saturated rings. The number of fused-ring (bicyclic) bond motifs is 5. The Bertz CT molecular complexity index is 1640. The molecule has 10 heteroatoms. The lowest BCUT2D eigenvalue weighted by atomic mass is 10.0. The van der Waals surface area contributed by atoms with Crippen molar-refractivity contribution in [3.63, 3.8) is 0 Å². The summed E-state index contributed by atoms with van der Waals surface area (Å²) >= 11 is 1.65. The zero-order chi connectivity index (χ0) is 28.6. The molecule has 2 atom stereocenters. The van der Waals surface area contributed by atoms with E-state index in [0.717, 1.165) is 77.6 Å².